The van der Waals surface area contributed by atoms with E-state index < -0.39 is 15.8 Å². The molecule has 1 aliphatic heterocycles. The first kappa shape index (κ1) is 16.4. The molecule has 1 heterocycles. The number of halogens is 1. The molecular weight excluding hydrogens is 291 g/mol. The molecule has 0 amide bonds. The zero-order valence-electron chi connectivity index (χ0n) is 12.6. The van der Waals surface area contributed by atoms with Gasteiger partial charge in [-0.05, 0) is 50.4 Å². The maximum atomic E-state index is 14.0. The lowest BCUT2D eigenvalue weighted by Crippen LogP contribution is -2.34. The SMILES string of the molecule is CCCNCc1ccc(F)c(S(=O)(=O)N2CCCC2C)c1. The topological polar surface area (TPSA) is 49.4 Å². The summed E-state index contributed by atoms with van der Waals surface area (Å²) in [6.07, 6.45) is 2.66. The van der Waals surface area contributed by atoms with Crippen LogP contribution in [-0.4, -0.2) is 31.9 Å². The fourth-order valence-corrected chi connectivity index (χ4v) is 4.47. The van der Waals surface area contributed by atoms with E-state index in [1.807, 2.05) is 6.92 Å². The minimum absolute atomic E-state index is 0.0590. The van der Waals surface area contributed by atoms with Gasteiger partial charge in [-0.15, -0.1) is 0 Å². The smallest absolute Gasteiger partial charge is 0.246 e. The van der Waals surface area contributed by atoms with E-state index in [1.54, 1.807) is 6.07 Å². The summed E-state index contributed by atoms with van der Waals surface area (Å²) in [5, 5.41) is 3.20. The third-order valence-corrected chi connectivity index (χ3v) is 5.86. The molecule has 118 valence electrons. The number of sulfonamides is 1. The van der Waals surface area contributed by atoms with Crippen LogP contribution in [0.5, 0.6) is 0 Å². The van der Waals surface area contributed by atoms with Crippen molar-refractivity contribution in [2.24, 2.45) is 0 Å². The Labute approximate surface area is 126 Å². The quantitative estimate of drug-likeness (QED) is 0.821. The van der Waals surface area contributed by atoms with Crippen LogP contribution in [0.3, 0.4) is 0 Å². The highest BCUT2D eigenvalue weighted by atomic mass is 32.2. The molecule has 1 fully saturated rings. The van der Waals surface area contributed by atoms with Gasteiger partial charge >= 0.3 is 0 Å². The molecule has 0 radical (unpaired) electrons. The number of nitrogens with one attached hydrogen (secondary N) is 1. The lowest BCUT2D eigenvalue weighted by molar-refractivity contribution is 0.404. The van der Waals surface area contributed by atoms with Gasteiger partial charge in [0.25, 0.3) is 0 Å². The van der Waals surface area contributed by atoms with Crippen LogP contribution in [0.1, 0.15) is 38.7 Å². The van der Waals surface area contributed by atoms with Crippen molar-refractivity contribution in [3.05, 3.63) is 29.6 Å². The van der Waals surface area contributed by atoms with E-state index in [9.17, 15) is 12.8 Å². The van der Waals surface area contributed by atoms with Crippen LogP contribution >= 0.6 is 0 Å². The lowest BCUT2D eigenvalue weighted by atomic mass is 10.2. The maximum absolute atomic E-state index is 14.0. The molecule has 1 aromatic carbocycles. The highest BCUT2D eigenvalue weighted by Crippen LogP contribution is 2.27. The lowest BCUT2D eigenvalue weighted by Gasteiger charge is -2.21. The van der Waals surface area contributed by atoms with E-state index in [0.717, 1.165) is 31.4 Å². The van der Waals surface area contributed by atoms with Gasteiger partial charge in [-0.3, -0.25) is 0 Å². The average molecular weight is 314 g/mol. The molecule has 1 atom stereocenters. The van der Waals surface area contributed by atoms with E-state index in [0.29, 0.717) is 13.1 Å². The molecule has 4 nitrogen and oxygen atoms in total. The largest absolute Gasteiger partial charge is 0.313 e. The van der Waals surface area contributed by atoms with Gasteiger partial charge in [0.1, 0.15) is 10.7 Å². The second kappa shape index (κ2) is 6.85. The van der Waals surface area contributed by atoms with Crippen molar-refractivity contribution in [1.29, 1.82) is 0 Å². The van der Waals surface area contributed by atoms with Crippen molar-refractivity contribution in [3.8, 4) is 0 Å². The van der Waals surface area contributed by atoms with Crippen LogP contribution in [0.25, 0.3) is 0 Å². The van der Waals surface area contributed by atoms with Gasteiger partial charge in [-0.1, -0.05) is 13.0 Å². The number of benzene rings is 1. The summed E-state index contributed by atoms with van der Waals surface area (Å²) in [4.78, 5) is -0.202. The van der Waals surface area contributed by atoms with Crippen molar-refractivity contribution >= 4 is 10.0 Å². The van der Waals surface area contributed by atoms with Crippen molar-refractivity contribution in [2.45, 2.75) is 50.6 Å². The summed E-state index contributed by atoms with van der Waals surface area (Å²) >= 11 is 0. The molecule has 1 N–H and O–H groups in total. The molecule has 6 heteroatoms. The van der Waals surface area contributed by atoms with Crippen molar-refractivity contribution in [2.75, 3.05) is 13.1 Å². The number of hydrogen-bond donors (Lipinski definition) is 1. The Balaban J connectivity index is 2.27. The third kappa shape index (κ3) is 3.62. The molecule has 0 saturated carbocycles. The van der Waals surface area contributed by atoms with Gasteiger partial charge in [0.05, 0.1) is 0 Å². The minimum atomic E-state index is -3.74. The first-order valence-corrected chi connectivity index (χ1v) is 8.91. The molecule has 0 bridgehead atoms. The summed E-state index contributed by atoms with van der Waals surface area (Å²) in [5.41, 5.74) is 0.787. The summed E-state index contributed by atoms with van der Waals surface area (Å²) in [5.74, 6) is -0.673. The molecule has 21 heavy (non-hydrogen) atoms. The summed E-state index contributed by atoms with van der Waals surface area (Å²) < 4.78 is 40.6. The Morgan fingerprint density at radius 2 is 2.19 bits per heavy atom. The molecule has 0 spiro atoms. The monoisotopic (exact) mass is 314 g/mol. The molecular formula is C15H23FN2O2S. The molecule has 0 aromatic heterocycles. The predicted octanol–water partition coefficient (Wildman–Crippen LogP) is 2.50. The molecule has 1 saturated heterocycles. The standard InChI is InChI=1S/C15H23FN2O2S/c1-3-8-17-11-13-6-7-14(16)15(10-13)21(19,20)18-9-4-5-12(18)2/h6-7,10,12,17H,3-5,8-9,11H2,1-2H3. The molecule has 1 unspecified atom stereocenters. The van der Waals surface area contributed by atoms with Gasteiger partial charge in [-0.25, -0.2) is 12.8 Å². The van der Waals surface area contributed by atoms with Crippen LogP contribution in [0.2, 0.25) is 0 Å². The summed E-state index contributed by atoms with van der Waals surface area (Å²) in [6.45, 7) is 5.80. The van der Waals surface area contributed by atoms with Crippen molar-refractivity contribution in [1.82, 2.24) is 9.62 Å². The van der Waals surface area contributed by atoms with Gasteiger partial charge in [-0.2, -0.15) is 4.31 Å². The second-order valence-electron chi connectivity index (χ2n) is 5.55. The van der Waals surface area contributed by atoms with E-state index >= 15 is 0 Å². The zero-order chi connectivity index (χ0) is 15.5. The highest BCUT2D eigenvalue weighted by Gasteiger charge is 2.34. The van der Waals surface area contributed by atoms with Crippen LogP contribution in [0, 0.1) is 5.82 Å². The fourth-order valence-electron chi connectivity index (χ4n) is 2.66. The van der Waals surface area contributed by atoms with Crippen molar-refractivity contribution < 1.29 is 12.8 Å². The number of nitrogens with zero attached hydrogens (tertiary/aromatic N) is 1. The summed E-state index contributed by atoms with van der Waals surface area (Å²) in [6, 6.07) is 4.27. The van der Waals surface area contributed by atoms with Crippen LogP contribution in [0.4, 0.5) is 4.39 Å². The zero-order valence-corrected chi connectivity index (χ0v) is 13.4. The van der Waals surface area contributed by atoms with Crippen LogP contribution in [0.15, 0.2) is 23.1 Å². The van der Waals surface area contributed by atoms with Gasteiger partial charge in [0.2, 0.25) is 10.0 Å². The van der Waals surface area contributed by atoms with Crippen LogP contribution in [-0.2, 0) is 16.6 Å². The van der Waals surface area contributed by atoms with E-state index in [4.69, 9.17) is 0 Å². The first-order valence-electron chi connectivity index (χ1n) is 7.47. The second-order valence-corrected chi connectivity index (χ2v) is 7.41. The molecule has 0 aliphatic carbocycles. The molecule has 2 rings (SSSR count). The normalized spacial score (nSPS) is 20.0. The predicted molar refractivity (Wildman–Crippen MR) is 81.0 cm³/mol. The average Bonchev–Trinajstić information content (AvgIpc) is 2.88. The van der Waals surface area contributed by atoms with Crippen molar-refractivity contribution in [3.63, 3.8) is 0 Å². The third-order valence-electron chi connectivity index (χ3n) is 3.83. The van der Waals surface area contributed by atoms with Gasteiger partial charge in [0, 0.05) is 19.1 Å². The Kier molecular flexibility index (Phi) is 5.35. The first-order chi connectivity index (χ1) is 9.96. The Bertz CT molecular complexity index is 589. The Hall–Kier alpha value is -0.980. The Morgan fingerprint density at radius 1 is 1.43 bits per heavy atom. The number of rotatable bonds is 6. The molecule has 1 aliphatic rings. The number of hydrogen-bond acceptors (Lipinski definition) is 3. The van der Waals surface area contributed by atoms with Crippen LogP contribution < -0.4 is 5.32 Å². The van der Waals surface area contributed by atoms with Gasteiger partial charge < -0.3 is 5.32 Å². The van der Waals surface area contributed by atoms with E-state index in [2.05, 4.69) is 12.2 Å². The fraction of sp³-hybridized carbons (Fsp3) is 0.600. The highest BCUT2D eigenvalue weighted by molar-refractivity contribution is 7.89. The molecule has 1 aromatic rings. The van der Waals surface area contributed by atoms with E-state index in [-0.39, 0.29) is 10.9 Å². The maximum Gasteiger partial charge on any atom is 0.246 e. The summed E-state index contributed by atoms with van der Waals surface area (Å²) in [7, 11) is -3.74. The Morgan fingerprint density at radius 3 is 2.81 bits per heavy atom. The van der Waals surface area contributed by atoms with Gasteiger partial charge in [0.15, 0.2) is 0 Å². The van der Waals surface area contributed by atoms with E-state index in [1.165, 1.54) is 16.4 Å². The minimum Gasteiger partial charge on any atom is -0.313 e.